The van der Waals surface area contributed by atoms with Gasteiger partial charge in [-0.25, -0.2) is 13.1 Å². The van der Waals surface area contributed by atoms with Gasteiger partial charge in [0.2, 0.25) is 15.9 Å². The summed E-state index contributed by atoms with van der Waals surface area (Å²) in [5, 5.41) is -0.521. The molecule has 17 heavy (non-hydrogen) atoms. The third-order valence-corrected chi connectivity index (χ3v) is 4.75. The van der Waals surface area contributed by atoms with E-state index < -0.39 is 21.3 Å². The first kappa shape index (κ1) is 14.4. The lowest BCUT2D eigenvalue weighted by molar-refractivity contribution is -0.131. The number of carbonyl (C=O) groups excluding carboxylic acids is 1. The van der Waals surface area contributed by atoms with E-state index in [1.54, 1.807) is 20.8 Å². The minimum absolute atomic E-state index is 0.127. The average molecular weight is 263 g/mol. The van der Waals surface area contributed by atoms with Crippen LogP contribution in [0.1, 0.15) is 27.2 Å². The summed E-state index contributed by atoms with van der Waals surface area (Å²) in [6, 6.07) is -0.701. The second kappa shape index (κ2) is 5.32. The van der Waals surface area contributed by atoms with Crippen LogP contribution in [0.2, 0.25) is 0 Å². The summed E-state index contributed by atoms with van der Waals surface area (Å²) < 4.78 is 26.4. The highest BCUT2D eigenvalue weighted by Gasteiger charge is 2.35. The first-order valence-electron chi connectivity index (χ1n) is 5.79. The topological polar surface area (TPSA) is 92.5 Å². The Labute approximate surface area is 103 Å². The van der Waals surface area contributed by atoms with Gasteiger partial charge >= 0.3 is 0 Å². The second-order valence-electron chi connectivity index (χ2n) is 4.80. The molecular weight excluding hydrogens is 242 g/mol. The van der Waals surface area contributed by atoms with Crippen molar-refractivity contribution in [3.63, 3.8) is 0 Å². The number of nitrogens with two attached hydrogens (primary N) is 1. The van der Waals surface area contributed by atoms with Crippen molar-refractivity contribution in [3.05, 3.63) is 0 Å². The van der Waals surface area contributed by atoms with E-state index in [4.69, 9.17) is 5.73 Å². The van der Waals surface area contributed by atoms with Crippen molar-refractivity contribution >= 4 is 15.9 Å². The smallest absolute Gasteiger partial charge is 0.239 e. The fourth-order valence-corrected chi connectivity index (χ4v) is 3.54. The van der Waals surface area contributed by atoms with E-state index in [9.17, 15) is 13.2 Å². The average Bonchev–Trinajstić information content (AvgIpc) is 2.63. The van der Waals surface area contributed by atoms with Gasteiger partial charge in [0.05, 0.1) is 11.3 Å². The molecule has 0 radical (unpaired) electrons. The highest BCUT2D eigenvalue weighted by atomic mass is 32.2. The summed E-state index contributed by atoms with van der Waals surface area (Å²) in [4.78, 5) is 13.1. The van der Waals surface area contributed by atoms with Crippen molar-refractivity contribution in [2.45, 2.75) is 44.5 Å². The Bertz CT molecular complexity index is 378. The van der Waals surface area contributed by atoms with Gasteiger partial charge in [0, 0.05) is 19.1 Å². The summed E-state index contributed by atoms with van der Waals surface area (Å²) >= 11 is 0. The van der Waals surface area contributed by atoms with Gasteiger partial charge in [-0.3, -0.25) is 4.79 Å². The summed E-state index contributed by atoms with van der Waals surface area (Å²) in [5.74, 6) is -0.188. The largest absolute Gasteiger partial charge is 0.340 e. The first-order valence-corrected chi connectivity index (χ1v) is 7.34. The Morgan fingerprint density at radius 1 is 1.41 bits per heavy atom. The molecule has 1 amide bonds. The normalized spacial score (nSPS) is 23.1. The molecule has 3 N–H and O–H groups in total. The predicted octanol–water partition coefficient (Wildman–Crippen LogP) is -0.738. The maximum atomic E-state index is 11.9. The lowest BCUT2D eigenvalue weighted by Gasteiger charge is -2.19. The summed E-state index contributed by atoms with van der Waals surface area (Å²) in [7, 11) is -3.34. The van der Waals surface area contributed by atoms with Gasteiger partial charge in [-0.1, -0.05) is 0 Å². The molecule has 0 aromatic carbocycles. The zero-order valence-electron chi connectivity index (χ0n) is 10.5. The van der Waals surface area contributed by atoms with Crippen molar-refractivity contribution in [3.8, 4) is 0 Å². The van der Waals surface area contributed by atoms with Crippen molar-refractivity contribution in [2.24, 2.45) is 5.73 Å². The molecule has 1 fully saturated rings. The predicted molar refractivity (Wildman–Crippen MR) is 65.8 cm³/mol. The third-order valence-electron chi connectivity index (χ3n) is 2.69. The van der Waals surface area contributed by atoms with Gasteiger partial charge in [0.15, 0.2) is 0 Å². The van der Waals surface area contributed by atoms with Crippen molar-refractivity contribution < 1.29 is 13.2 Å². The van der Waals surface area contributed by atoms with E-state index in [1.165, 1.54) is 4.90 Å². The number of rotatable bonds is 4. The molecule has 0 aliphatic carbocycles. The molecule has 7 heteroatoms. The minimum Gasteiger partial charge on any atom is -0.340 e. The molecule has 6 nitrogen and oxygen atoms in total. The molecule has 2 atom stereocenters. The quantitative estimate of drug-likeness (QED) is 0.699. The van der Waals surface area contributed by atoms with E-state index in [0.717, 1.165) is 0 Å². The summed E-state index contributed by atoms with van der Waals surface area (Å²) in [5.41, 5.74) is 5.49. The van der Waals surface area contributed by atoms with Gasteiger partial charge < -0.3 is 10.6 Å². The van der Waals surface area contributed by atoms with Gasteiger partial charge in [-0.2, -0.15) is 0 Å². The molecular formula is C10H21N3O3S. The number of hydrogen-bond acceptors (Lipinski definition) is 4. The Kier molecular flexibility index (Phi) is 4.51. The van der Waals surface area contributed by atoms with Crippen molar-refractivity contribution in [2.75, 3.05) is 13.1 Å². The lowest BCUT2D eigenvalue weighted by Crippen LogP contribution is -2.43. The molecule has 0 aromatic rings. The molecule has 1 heterocycles. The van der Waals surface area contributed by atoms with Crippen LogP contribution in [-0.4, -0.2) is 49.6 Å². The Hall–Kier alpha value is -0.660. The Morgan fingerprint density at radius 2 is 2.00 bits per heavy atom. The van der Waals surface area contributed by atoms with E-state index >= 15 is 0 Å². The fraction of sp³-hybridized carbons (Fsp3) is 0.900. The third kappa shape index (κ3) is 3.65. The standard InChI is InChI=1S/C10H21N3O3S/c1-7(2)12-17(15,16)9-4-5-13(6-9)10(14)8(3)11/h7-9,12H,4-6,11H2,1-3H3/t8-,9?/m1/s1. The monoisotopic (exact) mass is 263 g/mol. The highest BCUT2D eigenvalue weighted by Crippen LogP contribution is 2.17. The number of carbonyl (C=O) groups is 1. The lowest BCUT2D eigenvalue weighted by atomic mass is 10.3. The van der Waals surface area contributed by atoms with Crippen LogP contribution >= 0.6 is 0 Å². The van der Waals surface area contributed by atoms with Gasteiger partial charge in [-0.15, -0.1) is 0 Å². The SMILES string of the molecule is CC(C)NS(=O)(=O)C1CCN(C(=O)[C@@H](C)N)C1. The molecule has 0 aromatic heterocycles. The molecule has 0 spiro atoms. The van der Waals surface area contributed by atoms with Crippen LogP contribution in [0.4, 0.5) is 0 Å². The van der Waals surface area contributed by atoms with Crippen LogP contribution < -0.4 is 10.5 Å². The molecule has 1 rings (SSSR count). The number of likely N-dealkylation sites (tertiary alicyclic amines) is 1. The zero-order chi connectivity index (χ0) is 13.2. The molecule has 100 valence electrons. The molecule has 1 saturated heterocycles. The summed E-state index contributed by atoms with van der Waals surface area (Å²) in [6.45, 7) is 5.86. The molecule has 0 bridgehead atoms. The molecule has 1 aliphatic rings. The van der Waals surface area contributed by atoms with Crippen molar-refractivity contribution in [1.82, 2.24) is 9.62 Å². The number of nitrogens with one attached hydrogen (secondary N) is 1. The number of hydrogen-bond donors (Lipinski definition) is 2. The van der Waals surface area contributed by atoms with E-state index in [-0.39, 0.29) is 18.5 Å². The van der Waals surface area contributed by atoms with Crippen LogP contribution in [0.5, 0.6) is 0 Å². The number of nitrogens with zero attached hydrogens (tertiary/aromatic N) is 1. The first-order chi connectivity index (χ1) is 7.74. The van der Waals surface area contributed by atoms with Crippen molar-refractivity contribution in [1.29, 1.82) is 0 Å². The molecule has 0 saturated carbocycles. The van der Waals surface area contributed by atoms with E-state index in [2.05, 4.69) is 4.72 Å². The number of sulfonamides is 1. The van der Waals surface area contributed by atoms with Crippen LogP contribution in [0.3, 0.4) is 0 Å². The minimum atomic E-state index is -3.34. The fourth-order valence-electron chi connectivity index (χ4n) is 1.89. The number of amides is 1. The van der Waals surface area contributed by atoms with Gasteiger partial charge in [0.25, 0.3) is 0 Å². The van der Waals surface area contributed by atoms with Gasteiger partial charge in [0.1, 0.15) is 0 Å². The highest BCUT2D eigenvalue weighted by molar-refractivity contribution is 7.90. The van der Waals surface area contributed by atoms with E-state index in [1.807, 2.05) is 0 Å². The van der Waals surface area contributed by atoms with Crippen LogP contribution in [0, 0.1) is 0 Å². The van der Waals surface area contributed by atoms with Crippen LogP contribution in [0.25, 0.3) is 0 Å². The summed E-state index contributed by atoms with van der Waals surface area (Å²) in [6.07, 6.45) is 0.473. The van der Waals surface area contributed by atoms with Gasteiger partial charge in [-0.05, 0) is 27.2 Å². The zero-order valence-corrected chi connectivity index (χ0v) is 11.3. The Balaban J connectivity index is 2.65. The molecule has 1 aliphatic heterocycles. The van der Waals surface area contributed by atoms with Crippen LogP contribution in [-0.2, 0) is 14.8 Å². The molecule has 1 unspecified atom stereocenters. The maximum Gasteiger partial charge on any atom is 0.239 e. The van der Waals surface area contributed by atoms with E-state index in [0.29, 0.717) is 13.0 Å². The second-order valence-corrected chi connectivity index (χ2v) is 6.79. The van der Waals surface area contributed by atoms with Crippen LogP contribution in [0.15, 0.2) is 0 Å². The Morgan fingerprint density at radius 3 is 2.47 bits per heavy atom. The maximum absolute atomic E-state index is 11.9.